The molecule has 2 N–H and O–H groups in total. The maximum atomic E-state index is 13.5. The molecule has 208 valence electrons. The molecule has 0 unspecified atom stereocenters. The molecule has 0 radical (unpaired) electrons. The van der Waals surface area contributed by atoms with E-state index in [4.69, 9.17) is 9.90 Å². The van der Waals surface area contributed by atoms with Crippen LogP contribution < -0.4 is 10.2 Å². The summed E-state index contributed by atoms with van der Waals surface area (Å²) in [6, 6.07) is 5.81. The number of hydrogen-bond donors (Lipinski definition) is 2. The number of carbonyl (C=O) groups excluding carboxylic acids is 1. The van der Waals surface area contributed by atoms with Crippen LogP contribution in [0.2, 0.25) is 0 Å². The van der Waals surface area contributed by atoms with Gasteiger partial charge in [0.25, 0.3) is 0 Å². The number of sulfonamides is 1. The molecule has 37 heavy (non-hydrogen) atoms. The number of rotatable bonds is 7. The molecular weight excluding hydrogens is 513 g/mol. The molecule has 3 aliphatic rings. The Balaban J connectivity index is 0.000000479. The Morgan fingerprint density at radius 2 is 1.92 bits per heavy atom. The number of alkyl halides is 3. The van der Waals surface area contributed by atoms with E-state index < -0.39 is 27.6 Å². The first-order valence-corrected chi connectivity index (χ1v) is 14.1. The SMILES string of the molecule is CC(C)CS(=O)(=O)N1CCC[C@]2(C(=O)NCC3CC3)CN(c3ccccn3)C[C@@H]2C1.O=C(O)C(F)(F)F. The van der Waals surface area contributed by atoms with Crippen molar-refractivity contribution in [1.29, 1.82) is 0 Å². The lowest BCUT2D eigenvalue weighted by Crippen LogP contribution is -2.48. The summed E-state index contributed by atoms with van der Waals surface area (Å²) < 4.78 is 59.4. The largest absolute Gasteiger partial charge is 0.490 e. The van der Waals surface area contributed by atoms with Gasteiger partial charge in [-0.2, -0.15) is 13.2 Å². The minimum absolute atomic E-state index is 0.0388. The van der Waals surface area contributed by atoms with Crippen molar-refractivity contribution >= 4 is 27.7 Å². The second-order valence-electron chi connectivity index (χ2n) is 10.5. The number of carboxylic acids is 1. The molecule has 2 atom stereocenters. The van der Waals surface area contributed by atoms with Gasteiger partial charge in [0.2, 0.25) is 15.9 Å². The zero-order chi connectivity index (χ0) is 27.4. The Bertz CT molecular complexity index is 1050. The highest BCUT2D eigenvalue weighted by Gasteiger charge is 2.54. The Morgan fingerprint density at radius 3 is 2.46 bits per heavy atom. The molecular formula is C24H35F3N4O5S. The number of nitrogens with one attached hydrogen (secondary N) is 1. The van der Waals surface area contributed by atoms with Gasteiger partial charge < -0.3 is 15.3 Å². The molecule has 1 amide bonds. The van der Waals surface area contributed by atoms with Crippen LogP contribution in [0.1, 0.15) is 39.5 Å². The fraction of sp³-hybridized carbons (Fsp3) is 0.708. The van der Waals surface area contributed by atoms with Gasteiger partial charge in [0.15, 0.2) is 0 Å². The van der Waals surface area contributed by atoms with E-state index in [1.807, 2.05) is 32.0 Å². The van der Waals surface area contributed by atoms with Gasteiger partial charge in [0.05, 0.1) is 11.2 Å². The lowest BCUT2D eigenvalue weighted by Gasteiger charge is -2.32. The standard InChI is InChI=1S/C22H34N4O3S.C2HF3O2/c1-17(2)15-30(28,29)26-11-5-9-22(21(27)24-12-18-7-8-18)16-25(13-19(22)14-26)20-6-3-4-10-23-20;3-2(4,5)1(6)7/h3-4,6,10,17-19H,5,7-9,11-16H2,1-2H3,(H,24,27);(H,6,7)/t19-,22+;/m1./s1. The maximum Gasteiger partial charge on any atom is 0.490 e. The summed E-state index contributed by atoms with van der Waals surface area (Å²) in [6.07, 6.45) is 0.491. The number of halogens is 3. The van der Waals surface area contributed by atoms with Gasteiger partial charge in [-0.25, -0.2) is 22.5 Å². The number of anilines is 1. The summed E-state index contributed by atoms with van der Waals surface area (Å²) in [7, 11) is -3.33. The first-order valence-electron chi connectivity index (χ1n) is 12.5. The molecule has 2 saturated heterocycles. The predicted molar refractivity (Wildman–Crippen MR) is 131 cm³/mol. The average Bonchev–Trinajstić information content (AvgIpc) is 3.60. The van der Waals surface area contributed by atoms with Gasteiger partial charge in [-0.3, -0.25) is 4.79 Å². The zero-order valence-corrected chi connectivity index (χ0v) is 21.9. The van der Waals surface area contributed by atoms with E-state index in [9.17, 15) is 26.4 Å². The monoisotopic (exact) mass is 548 g/mol. The van der Waals surface area contributed by atoms with Crippen LogP contribution in [0.4, 0.5) is 19.0 Å². The van der Waals surface area contributed by atoms with Crippen LogP contribution in [0.15, 0.2) is 24.4 Å². The molecule has 1 aromatic heterocycles. The van der Waals surface area contributed by atoms with Crippen LogP contribution in [-0.2, 0) is 19.6 Å². The molecule has 3 heterocycles. The van der Waals surface area contributed by atoms with Crippen molar-refractivity contribution in [3.8, 4) is 0 Å². The van der Waals surface area contributed by atoms with Gasteiger partial charge in [-0.15, -0.1) is 0 Å². The molecule has 2 aliphatic heterocycles. The highest BCUT2D eigenvalue weighted by molar-refractivity contribution is 7.89. The van der Waals surface area contributed by atoms with E-state index in [-0.39, 0.29) is 23.5 Å². The Morgan fingerprint density at radius 1 is 1.24 bits per heavy atom. The number of pyridine rings is 1. The third kappa shape index (κ3) is 7.56. The molecule has 9 nitrogen and oxygen atoms in total. The van der Waals surface area contributed by atoms with Crippen molar-refractivity contribution in [3.05, 3.63) is 24.4 Å². The molecule has 0 bridgehead atoms. The number of hydrogen-bond acceptors (Lipinski definition) is 6. The summed E-state index contributed by atoms with van der Waals surface area (Å²) in [5.41, 5.74) is -0.561. The van der Waals surface area contributed by atoms with Gasteiger partial charge in [-0.05, 0) is 49.7 Å². The van der Waals surface area contributed by atoms with Crippen LogP contribution in [-0.4, -0.2) is 79.3 Å². The number of aromatic nitrogens is 1. The predicted octanol–water partition coefficient (Wildman–Crippen LogP) is 2.75. The summed E-state index contributed by atoms with van der Waals surface area (Å²) in [5, 5.41) is 10.3. The van der Waals surface area contributed by atoms with Crippen molar-refractivity contribution in [2.24, 2.45) is 23.2 Å². The third-order valence-corrected chi connectivity index (χ3v) is 9.21. The Labute approximate surface area is 215 Å². The molecule has 4 rings (SSSR count). The van der Waals surface area contributed by atoms with Crippen molar-refractivity contribution in [3.63, 3.8) is 0 Å². The number of nitrogens with zero attached hydrogens (tertiary/aromatic N) is 3. The van der Waals surface area contributed by atoms with Crippen LogP contribution in [0.25, 0.3) is 0 Å². The third-order valence-electron chi connectivity index (χ3n) is 7.00. The number of fused-ring (bicyclic) bond motifs is 1. The summed E-state index contributed by atoms with van der Waals surface area (Å²) >= 11 is 0. The van der Waals surface area contributed by atoms with Crippen molar-refractivity contribution in [2.75, 3.05) is 43.4 Å². The minimum Gasteiger partial charge on any atom is -0.475 e. The van der Waals surface area contributed by atoms with Crippen molar-refractivity contribution in [1.82, 2.24) is 14.6 Å². The van der Waals surface area contributed by atoms with E-state index >= 15 is 0 Å². The first kappa shape index (κ1) is 29.2. The number of aliphatic carboxylic acids is 1. The van der Waals surface area contributed by atoms with Crippen LogP contribution in [0.5, 0.6) is 0 Å². The zero-order valence-electron chi connectivity index (χ0n) is 21.1. The minimum atomic E-state index is -5.08. The van der Waals surface area contributed by atoms with Crippen molar-refractivity contribution < 1.29 is 36.3 Å². The molecule has 1 aliphatic carbocycles. The maximum absolute atomic E-state index is 13.5. The van der Waals surface area contributed by atoms with Crippen molar-refractivity contribution in [2.45, 2.75) is 45.7 Å². The molecule has 1 saturated carbocycles. The van der Waals surface area contributed by atoms with Crippen LogP contribution >= 0.6 is 0 Å². The molecule has 1 aromatic rings. The first-order chi connectivity index (χ1) is 17.2. The van der Waals surface area contributed by atoms with E-state index in [1.165, 1.54) is 12.8 Å². The molecule has 13 heteroatoms. The topological polar surface area (TPSA) is 120 Å². The van der Waals surface area contributed by atoms with E-state index in [0.717, 1.165) is 12.4 Å². The number of carbonyl (C=O) groups is 2. The van der Waals surface area contributed by atoms with Crippen LogP contribution in [0, 0.1) is 23.2 Å². The second kappa shape index (κ2) is 11.5. The lowest BCUT2D eigenvalue weighted by atomic mass is 9.74. The Hall–Kier alpha value is -2.41. The molecule has 3 fully saturated rings. The van der Waals surface area contributed by atoms with E-state index in [1.54, 1.807) is 10.5 Å². The fourth-order valence-electron chi connectivity index (χ4n) is 5.00. The molecule has 0 aromatic carbocycles. The van der Waals surface area contributed by atoms with E-state index in [0.29, 0.717) is 44.9 Å². The summed E-state index contributed by atoms with van der Waals surface area (Å²) in [6.45, 7) is 6.78. The normalized spacial score (nSPS) is 24.6. The number of amides is 1. The van der Waals surface area contributed by atoms with Gasteiger partial charge in [0.1, 0.15) is 5.82 Å². The van der Waals surface area contributed by atoms with Gasteiger partial charge >= 0.3 is 12.1 Å². The van der Waals surface area contributed by atoms with Gasteiger partial charge in [-0.1, -0.05) is 19.9 Å². The second-order valence-corrected chi connectivity index (χ2v) is 12.5. The van der Waals surface area contributed by atoms with Gasteiger partial charge in [0, 0.05) is 44.8 Å². The number of carboxylic acid groups (broad SMARTS) is 1. The van der Waals surface area contributed by atoms with Crippen LogP contribution in [0.3, 0.4) is 0 Å². The summed E-state index contributed by atoms with van der Waals surface area (Å²) in [5.74, 6) is -0.984. The molecule has 0 spiro atoms. The average molecular weight is 549 g/mol. The smallest absolute Gasteiger partial charge is 0.475 e. The lowest BCUT2D eigenvalue weighted by molar-refractivity contribution is -0.192. The van der Waals surface area contributed by atoms with E-state index in [2.05, 4.69) is 15.2 Å². The fourth-order valence-corrected chi connectivity index (χ4v) is 6.87. The highest BCUT2D eigenvalue weighted by Crippen LogP contribution is 2.44. The quantitative estimate of drug-likeness (QED) is 0.538. The highest BCUT2D eigenvalue weighted by atomic mass is 32.2. The summed E-state index contributed by atoms with van der Waals surface area (Å²) in [4.78, 5) is 29.0. The Kier molecular flexibility index (Phi) is 9.10.